The molecule has 1 aromatic rings. The predicted octanol–water partition coefficient (Wildman–Crippen LogP) is 0.960. The quantitative estimate of drug-likeness (QED) is 0.805. The molecule has 1 unspecified atom stereocenters. The molecule has 6 nitrogen and oxygen atoms in total. The zero-order valence-corrected chi connectivity index (χ0v) is 12.8. The van der Waals surface area contributed by atoms with E-state index in [1.54, 1.807) is 0 Å². The maximum Gasteiger partial charge on any atom is 0.244 e. The van der Waals surface area contributed by atoms with E-state index in [4.69, 9.17) is 17.3 Å². The van der Waals surface area contributed by atoms with Gasteiger partial charge >= 0.3 is 0 Å². The van der Waals surface area contributed by atoms with E-state index >= 15 is 0 Å². The number of nitrogens with one attached hydrogen (secondary N) is 1. The first kappa shape index (κ1) is 16.0. The molecule has 3 N–H and O–H groups in total. The minimum atomic E-state index is -3.87. The van der Waals surface area contributed by atoms with Gasteiger partial charge in [0.2, 0.25) is 15.9 Å². The van der Waals surface area contributed by atoms with E-state index < -0.39 is 15.8 Å². The van der Waals surface area contributed by atoms with Crippen LogP contribution in [0, 0.1) is 5.82 Å². The number of nitrogens with zero attached hydrogens (tertiary/aromatic N) is 1. The van der Waals surface area contributed by atoms with Gasteiger partial charge in [0.1, 0.15) is 10.7 Å². The van der Waals surface area contributed by atoms with Crippen molar-refractivity contribution in [2.24, 2.45) is 0 Å². The van der Waals surface area contributed by atoms with Crippen molar-refractivity contribution in [3.05, 3.63) is 23.0 Å². The minimum Gasteiger partial charge on any atom is -0.396 e. The van der Waals surface area contributed by atoms with Gasteiger partial charge in [0, 0.05) is 26.1 Å². The third-order valence-corrected chi connectivity index (χ3v) is 5.56. The Balaban J connectivity index is 2.28. The normalized spacial score (nSPS) is 19.7. The third kappa shape index (κ3) is 3.28. The fraction of sp³-hybridized carbons (Fsp3) is 0.417. The van der Waals surface area contributed by atoms with Crippen LogP contribution in [-0.4, -0.2) is 37.8 Å². The van der Waals surface area contributed by atoms with Gasteiger partial charge in [0.25, 0.3) is 0 Å². The lowest BCUT2D eigenvalue weighted by atomic mass is 10.3. The average molecular weight is 336 g/mol. The monoisotopic (exact) mass is 335 g/mol. The molecular formula is C12H15ClFN3O3S. The van der Waals surface area contributed by atoms with E-state index in [1.165, 1.54) is 11.2 Å². The molecule has 1 aliphatic heterocycles. The van der Waals surface area contributed by atoms with Gasteiger partial charge < -0.3 is 11.1 Å². The zero-order chi connectivity index (χ0) is 15.8. The van der Waals surface area contributed by atoms with Crippen molar-refractivity contribution < 1.29 is 17.6 Å². The van der Waals surface area contributed by atoms with Crippen LogP contribution in [0.2, 0.25) is 5.02 Å². The van der Waals surface area contributed by atoms with Crippen molar-refractivity contribution in [2.75, 3.05) is 18.8 Å². The highest BCUT2D eigenvalue weighted by Gasteiger charge is 2.34. The van der Waals surface area contributed by atoms with E-state index in [9.17, 15) is 17.6 Å². The number of nitrogen functional groups attached to an aromatic ring is 1. The molecule has 1 saturated heterocycles. The first-order valence-corrected chi connectivity index (χ1v) is 8.05. The van der Waals surface area contributed by atoms with Crippen molar-refractivity contribution in [2.45, 2.75) is 24.3 Å². The van der Waals surface area contributed by atoms with Crippen LogP contribution in [0.25, 0.3) is 0 Å². The van der Waals surface area contributed by atoms with Crippen LogP contribution in [0.5, 0.6) is 0 Å². The van der Waals surface area contributed by atoms with Gasteiger partial charge in [-0.05, 0) is 18.6 Å². The summed E-state index contributed by atoms with van der Waals surface area (Å²) in [5.41, 5.74) is 5.12. The second-order valence-electron chi connectivity index (χ2n) is 4.85. The standard InChI is InChI=1S/C12H15ClFN3O3S/c1-7(18)16-8-2-3-17(6-8)21(19,20)12-5-11(15)10(14)4-9(12)13/h4-5,8H,2-3,6,15H2,1H3,(H,16,18). The lowest BCUT2D eigenvalue weighted by Gasteiger charge is -2.18. The highest BCUT2D eigenvalue weighted by atomic mass is 35.5. The van der Waals surface area contributed by atoms with Gasteiger partial charge in [-0.25, -0.2) is 12.8 Å². The molecule has 0 aromatic heterocycles. The molecule has 9 heteroatoms. The molecule has 0 bridgehead atoms. The number of hydrogen-bond acceptors (Lipinski definition) is 4. The van der Waals surface area contributed by atoms with Crippen LogP contribution in [0.1, 0.15) is 13.3 Å². The number of nitrogens with two attached hydrogens (primary N) is 1. The molecule has 1 aliphatic rings. The minimum absolute atomic E-state index is 0.148. The summed E-state index contributed by atoms with van der Waals surface area (Å²) in [6.45, 7) is 1.77. The van der Waals surface area contributed by atoms with Gasteiger partial charge in [-0.1, -0.05) is 11.6 Å². The molecule has 0 saturated carbocycles. The van der Waals surface area contributed by atoms with Gasteiger partial charge in [0.15, 0.2) is 0 Å². The number of benzene rings is 1. The molecule has 1 fully saturated rings. The molecule has 0 radical (unpaired) electrons. The van der Waals surface area contributed by atoms with E-state index in [2.05, 4.69) is 5.32 Å². The Morgan fingerprint density at radius 1 is 1.52 bits per heavy atom. The summed E-state index contributed by atoms with van der Waals surface area (Å²) in [6.07, 6.45) is 0.507. The molecule has 116 valence electrons. The Morgan fingerprint density at radius 2 is 2.19 bits per heavy atom. The van der Waals surface area contributed by atoms with Crippen molar-refractivity contribution in [3.63, 3.8) is 0 Å². The fourth-order valence-electron chi connectivity index (χ4n) is 2.23. The SMILES string of the molecule is CC(=O)NC1CCN(S(=O)(=O)c2cc(N)c(F)cc2Cl)C1. The Labute approximate surface area is 127 Å². The lowest BCUT2D eigenvalue weighted by molar-refractivity contribution is -0.119. The number of anilines is 1. The first-order chi connectivity index (χ1) is 9.71. The van der Waals surface area contributed by atoms with Gasteiger partial charge in [-0.15, -0.1) is 0 Å². The summed E-state index contributed by atoms with van der Waals surface area (Å²) >= 11 is 5.81. The maximum atomic E-state index is 13.3. The average Bonchev–Trinajstić information content (AvgIpc) is 2.81. The number of amides is 1. The summed E-state index contributed by atoms with van der Waals surface area (Å²) in [5.74, 6) is -0.986. The summed E-state index contributed by atoms with van der Waals surface area (Å²) in [4.78, 5) is 10.8. The number of sulfonamides is 1. The van der Waals surface area contributed by atoms with Crippen molar-refractivity contribution in [1.82, 2.24) is 9.62 Å². The number of hydrogen-bond donors (Lipinski definition) is 2. The van der Waals surface area contributed by atoms with Crippen LogP contribution in [0.4, 0.5) is 10.1 Å². The van der Waals surface area contributed by atoms with Crippen LogP contribution in [-0.2, 0) is 14.8 Å². The summed E-state index contributed by atoms with van der Waals surface area (Å²) in [7, 11) is -3.87. The molecular weight excluding hydrogens is 321 g/mol. The molecule has 2 rings (SSSR count). The third-order valence-electron chi connectivity index (χ3n) is 3.23. The van der Waals surface area contributed by atoms with Crippen LogP contribution >= 0.6 is 11.6 Å². The van der Waals surface area contributed by atoms with Crippen molar-refractivity contribution in [3.8, 4) is 0 Å². The number of carbonyl (C=O) groups excluding carboxylic acids is 1. The highest BCUT2D eigenvalue weighted by Crippen LogP contribution is 2.30. The molecule has 1 heterocycles. The largest absolute Gasteiger partial charge is 0.396 e. The van der Waals surface area contributed by atoms with Crippen LogP contribution < -0.4 is 11.1 Å². The highest BCUT2D eigenvalue weighted by molar-refractivity contribution is 7.89. The van der Waals surface area contributed by atoms with E-state index in [0.29, 0.717) is 6.42 Å². The van der Waals surface area contributed by atoms with Gasteiger partial charge in [-0.3, -0.25) is 4.79 Å². The summed E-state index contributed by atoms with van der Waals surface area (Å²) in [6, 6.07) is 1.65. The lowest BCUT2D eigenvalue weighted by Crippen LogP contribution is -2.37. The van der Waals surface area contributed by atoms with Gasteiger partial charge in [-0.2, -0.15) is 4.31 Å². The second kappa shape index (κ2) is 5.78. The van der Waals surface area contributed by atoms with Crippen LogP contribution in [0.15, 0.2) is 17.0 Å². The van der Waals surface area contributed by atoms with Crippen LogP contribution in [0.3, 0.4) is 0 Å². The smallest absolute Gasteiger partial charge is 0.244 e. The maximum absolute atomic E-state index is 13.3. The fourth-order valence-corrected chi connectivity index (χ4v) is 4.26. The molecule has 0 spiro atoms. The van der Waals surface area contributed by atoms with Gasteiger partial charge in [0.05, 0.1) is 10.7 Å². The summed E-state index contributed by atoms with van der Waals surface area (Å²) < 4.78 is 39.5. The number of rotatable bonds is 3. The Kier molecular flexibility index (Phi) is 4.40. The molecule has 0 aliphatic carbocycles. The number of carbonyl (C=O) groups is 1. The first-order valence-electron chi connectivity index (χ1n) is 6.23. The molecule has 1 amide bonds. The molecule has 1 atom stereocenters. The Morgan fingerprint density at radius 3 is 2.81 bits per heavy atom. The number of halogens is 2. The Hall–Kier alpha value is -1.38. The molecule has 1 aromatic carbocycles. The second-order valence-corrected chi connectivity index (χ2v) is 7.17. The van der Waals surface area contributed by atoms with E-state index in [-0.39, 0.29) is 40.6 Å². The topological polar surface area (TPSA) is 92.5 Å². The predicted molar refractivity (Wildman–Crippen MR) is 76.8 cm³/mol. The van der Waals surface area contributed by atoms with E-state index in [1.807, 2.05) is 0 Å². The summed E-state index contributed by atoms with van der Waals surface area (Å²) in [5, 5.41) is 2.45. The molecule has 21 heavy (non-hydrogen) atoms. The van der Waals surface area contributed by atoms with Crippen molar-refractivity contribution in [1.29, 1.82) is 0 Å². The zero-order valence-electron chi connectivity index (χ0n) is 11.3. The Bertz CT molecular complexity index is 681. The van der Waals surface area contributed by atoms with E-state index in [0.717, 1.165) is 12.1 Å². The van der Waals surface area contributed by atoms with Crippen molar-refractivity contribution >= 4 is 33.2 Å².